The maximum atomic E-state index is 13.5. The minimum absolute atomic E-state index is 0.0963. The van der Waals surface area contributed by atoms with Crippen molar-refractivity contribution >= 4 is 0 Å². The van der Waals surface area contributed by atoms with Crippen LogP contribution in [0.5, 0.6) is 5.75 Å². The van der Waals surface area contributed by atoms with E-state index >= 15 is 0 Å². The molecule has 0 aromatic heterocycles. The summed E-state index contributed by atoms with van der Waals surface area (Å²) in [5.74, 6) is -0.207. The van der Waals surface area contributed by atoms with Crippen molar-refractivity contribution in [1.29, 1.82) is 0 Å². The van der Waals surface area contributed by atoms with Gasteiger partial charge in [0, 0.05) is 0 Å². The highest BCUT2D eigenvalue weighted by atomic mass is 19.3. The van der Waals surface area contributed by atoms with E-state index in [1.165, 1.54) is 24.3 Å². The van der Waals surface area contributed by atoms with Gasteiger partial charge in [0.05, 0.1) is 6.04 Å². The van der Waals surface area contributed by atoms with Crippen molar-refractivity contribution in [3.05, 3.63) is 65.0 Å². The van der Waals surface area contributed by atoms with Gasteiger partial charge in [-0.15, -0.1) is 0 Å². The van der Waals surface area contributed by atoms with Gasteiger partial charge in [0.15, 0.2) is 0 Å². The predicted molar refractivity (Wildman–Crippen MR) is 75.1 cm³/mol. The van der Waals surface area contributed by atoms with Gasteiger partial charge in [-0.05, 0) is 54.9 Å². The molecule has 112 valence electrons. The zero-order valence-electron chi connectivity index (χ0n) is 11.7. The second kappa shape index (κ2) is 6.63. The molecule has 1 atom stereocenters. The Labute approximate surface area is 121 Å². The van der Waals surface area contributed by atoms with E-state index in [2.05, 4.69) is 10.1 Å². The van der Waals surface area contributed by atoms with E-state index in [4.69, 9.17) is 0 Å². The Morgan fingerprint density at radius 2 is 1.67 bits per heavy atom. The molecule has 0 spiro atoms. The molecule has 1 unspecified atom stereocenters. The summed E-state index contributed by atoms with van der Waals surface area (Å²) in [7, 11) is 1.76. The summed E-state index contributed by atoms with van der Waals surface area (Å²) >= 11 is 0. The third-order valence-corrected chi connectivity index (χ3v) is 3.13. The molecule has 0 aliphatic heterocycles. The Bertz CT molecular complexity index is 579. The Hall–Kier alpha value is -2.01. The van der Waals surface area contributed by atoms with Crippen LogP contribution in [0.25, 0.3) is 0 Å². The lowest BCUT2D eigenvalue weighted by molar-refractivity contribution is -0.0498. The Kier molecular flexibility index (Phi) is 4.85. The molecule has 5 heteroatoms. The molecule has 0 heterocycles. The Morgan fingerprint density at radius 3 is 2.19 bits per heavy atom. The number of rotatable bonds is 5. The molecular weight excluding hydrogens is 279 g/mol. The maximum Gasteiger partial charge on any atom is 0.387 e. The van der Waals surface area contributed by atoms with Gasteiger partial charge in [-0.3, -0.25) is 0 Å². The average Bonchev–Trinajstić information content (AvgIpc) is 2.40. The van der Waals surface area contributed by atoms with Gasteiger partial charge < -0.3 is 10.1 Å². The molecule has 21 heavy (non-hydrogen) atoms. The van der Waals surface area contributed by atoms with Crippen LogP contribution in [0.2, 0.25) is 0 Å². The number of alkyl halides is 2. The summed E-state index contributed by atoms with van der Waals surface area (Å²) in [4.78, 5) is 0. The van der Waals surface area contributed by atoms with E-state index in [0.717, 1.165) is 16.7 Å². The van der Waals surface area contributed by atoms with Gasteiger partial charge in [0.2, 0.25) is 0 Å². The zero-order chi connectivity index (χ0) is 15.4. The third kappa shape index (κ3) is 3.98. The highest BCUT2D eigenvalue weighted by Gasteiger charge is 2.14. The minimum Gasteiger partial charge on any atom is -0.435 e. The number of hydrogen-bond donors (Lipinski definition) is 1. The highest BCUT2D eigenvalue weighted by molar-refractivity contribution is 5.37. The summed E-state index contributed by atoms with van der Waals surface area (Å²) < 4.78 is 42.1. The molecule has 2 aromatic rings. The number of aryl methyl sites for hydroxylation is 1. The normalized spacial score (nSPS) is 12.5. The second-order valence-corrected chi connectivity index (χ2v) is 4.73. The van der Waals surface area contributed by atoms with E-state index in [0.29, 0.717) is 0 Å². The van der Waals surface area contributed by atoms with Gasteiger partial charge in [0.25, 0.3) is 0 Å². The molecule has 0 aliphatic rings. The highest BCUT2D eigenvalue weighted by Crippen LogP contribution is 2.25. The van der Waals surface area contributed by atoms with Crippen molar-refractivity contribution < 1.29 is 17.9 Å². The number of halogens is 3. The zero-order valence-corrected chi connectivity index (χ0v) is 11.7. The van der Waals surface area contributed by atoms with Crippen molar-refractivity contribution in [2.24, 2.45) is 0 Å². The van der Waals surface area contributed by atoms with Crippen LogP contribution in [0, 0.1) is 12.7 Å². The summed E-state index contributed by atoms with van der Waals surface area (Å²) in [6.07, 6.45) is 0. The molecule has 2 aromatic carbocycles. The third-order valence-electron chi connectivity index (χ3n) is 3.13. The molecule has 2 rings (SSSR count). The van der Waals surface area contributed by atoms with Crippen molar-refractivity contribution in [2.45, 2.75) is 19.6 Å². The van der Waals surface area contributed by atoms with E-state index in [9.17, 15) is 13.2 Å². The molecule has 0 aliphatic carbocycles. The van der Waals surface area contributed by atoms with Gasteiger partial charge in [-0.1, -0.05) is 18.2 Å². The molecular formula is C16H16F3NO. The smallest absolute Gasteiger partial charge is 0.387 e. The van der Waals surface area contributed by atoms with Crippen LogP contribution in [-0.4, -0.2) is 13.7 Å². The molecule has 2 nitrogen and oxygen atoms in total. The first-order valence-corrected chi connectivity index (χ1v) is 6.48. The molecule has 1 N–H and O–H groups in total. The van der Waals surface area contributed by atoms with E-state index in [1.54, 1.807) is 19.2 Å². The molecule has 0 fully saturated rings. The van der Waals surface area contributed by atoms with Crippen molar-refractivity contribution in [2.75, 3.05) is 7.05 Å². The minimum atomic E-state index is -2.85. The van der Waals surface area contributed by atoms with Crippen molar-refractivity contribution in [1.82, 2.24) is 5.32 Å². The van der Waals surface area contributed by atoms with Crippen LogP contribution in [0.1, 0.15) is 22.7 Å². The number of hydrogen-bond acceptors (Lipinski definition) is 2. The SMILES string of the molecule is CNC(c1ccc(OC(F)F)cc1)c1cc(C)cc(F)c1. The van der Waals surface area contributed by atoms with E-state index < -0.39 is 6.61 Å². The van der Waals surface area contributed by atoms with Crippen molar-refractivity contribution in [3.63, 3.8) is 0 Å². The predicted octanol–water partition coefficient (Wildman–Crippen LogP) is 4.04. The molecule has 0 bridgehead atoms. The lowest BCUT2D eigenvalue weighted by Crippen LogP contribution is -2.18. The first-order valence-electron chi connectivity index (χ1n) is 6.48. The van der Waals surface area contributed by atoms with E-state index in [-0.39, 0.29) is 17.6 Å². The Balaban J connectivity index is 2.28. The van der Waals surface area contributed by atoms with Crippen LogP contribution in [0.3, 0.4) is 0 Å². The average molecular weight is 295 g/mol. The summed E-state index contributed by atoms with van der Waals surface area (Å²) in [6.45, 7) is -1.03. The van der Waals surface area contributed by atoms with Crippen LogP contribution in [-0.2, 0) is 0 Å². The largest absolute Gasteiger partial charge is 0.435 e. The number of ether oxygens (including phenoxy) is 1. The van der Waals surface area contributed by atoms with Crippen LogP contribution in [0.4, 0.5) is 13.2 Å². The lowest BCUT2D eigenvalue weighted by Gasteiger charge is -2.18. The van der Waals surface area contributed by atoms with E-state index in [1.807, 2.05) is 13.0 Å². The standard InChI is InChI=1S/C16H16F3NO/c1-10-7-12(9-13(17)8-10)15(20-2)11-3-5-14(6-4-11)21-16(18)19/h3-9,15-16,20H,1-2H3. The Morgan fingerprint density at radius 1 is 1.00 bits per heavy atom. The molecule has 0 amide bonds. The first-order chi connectivity index (χ1) is 9.99. The van der Waals surface area contributed by atoms with Gasteiger partial charge in [-0.25, -0.2) is 4.39 Å². The fourth-order valence-electron chi connectivity index (χ4n) is 2.30. The number of nitrogens with one attached hydrogen (secondary N) is 1. The van der Waals surface area contributed by atoms with Crippen molar-refractivity contribution in [3.8, 4) is 5.75 Å². The van der Waals surface area contributed by atoms with Crippen LogP contribution in [0.15, 0.2) is 42.5 Å². The molecule has 0 saturated heterocycles. The van der Waals surface area contributed by atoms with Crippen LogP contribution >= 0.6 is 0 Å². The summed E-state index contributed by atoms with van der Waals surface area (Å²) in [6, 6.07) is 10.9. The van der Waals surface area contributed by atoms with Gasteiger partial charge in [0.1, 0.15) is 11.6 Å². The number of benzene rings is 2. The second-order valence-electron chi connectivity index (χ2n) is 4.73. The fraction of sp³-hybridized carbons (Fsp3) is 0.250. The monoisotopic (exact) mass is 295 g/mol. The van der Waals surface area contributed by atoms with Gasteiger partial charge >= 0.3 is 6.61 Å². The maximum absolute atomic E-state index is 13.5. The summed E-state index contributed by atoms with van der Waals surface area (Å²) in [5, 5.41) is 3.09. The summed E-state index contributed by atoms with van der Waals surface area (Å²) in [5.41, 5.74) is 2.43. The first kappa shape index (κ1) is 15.4. The van der Waals surface area contributed by atoms with Gasteiger partial charge in [-0.2, -0.15) is 8.78 Å². The lowest BCUT2D eigenvalue weighted by atomic mass is 9.97. The molecule has 0 saturated carbocycles. The van der Waals surface area contributed by atoms with Crippen LogP contribution < -0.4 is 10.1 Å². The topological polar surface area (TPSA) is 21.3 Å². The quantitative estimate of drug-likeness (QED) is 0.898. The molecule has 0 radical (unpaired) electrons. The fourth-order valence-corrected chi connectivity index (χ4v) is 2.30.